The molecule has 0 spiro atoms. The summed E-state index contributed by atoms with van der Waals surface area (Å²) in [5, 5.41) is 5.83. The molecule has 0 atom stereocenters. The quantitative estimate of drug-likeness (QED) is 0.855. The van der Waals surface area contributed by atoms with Crippen LogP contribution in [0.1, 0.15) is 12.0 Å². The fourth-order valence-corrected chi connectivity index (χ4v) is 1.92. The number of aryl methyl sites for hydroxylation is 1. The normalized spacial score (nSPS) is 10.2. The number of hydrogen-bond acceptors (Lipinski definition) is 3. The number of amides is 1. The van der Waals surface area contributed by atoms with Gasteiger partial charge in [-0.05, 0) is 43.8 Å². The minimum absolute atomic E-state index is 0.0374. The fraction of sp³-hybridized carbons (Fsp3) is 0.235. The van der Waals surface area contributed by atoms with E-state index in [1.54, 1.807) is 0 Å². The van der Waals surface area contributed by atoms with Crippen LogP contribution in [0.4, 0.5) is 5.69 Å². The highest BCUT2D eigenvalue weighted by molar-refractivity contribution is 5.92. The third-order valence-electron chi connectivity index (χ3n) is 2.98. The first-order chi connectivity index (χ1) is 10.2. The summed E-state index contributed by atoms with van der Waals surface area (Å²) in [6.45, 7) is 2.66. The van der Waals surface area contributed by atoms with E-state index in [1.807, 2.05) is 62.5 Å². The lowest BCUT2D eigenvalue weighted by atomic mass is 10.2. The third kappa shape index (κ3) is 4.61. The maximum atomic E-state index is 11.8. The topological polar surface area (TPSA) is 50.4 Å². The molecule has 0 fully saturated rings. The molecular weight excluding hydrogens is 264 g/mol. The van der Waals surface area contributed by atoms with Crippen molar-refractivity contribution < 1.29 is 9.53 Å². The van der Waals surface area contributed by atoms with Crippen molar-refractivity contribution in [2.45, 2.75) is 13.3 Å². The minimum Gasteiger partial charge on any atom is -0.455 e. The summed E-state index contributed by atoms with van der Waals surface area (Å²) < 4.78 is 5.87. The Labute approximate surface area is 125 Å². The van der Waals surface area contributed by atoms with E-state index in [9.17, 15) is 4.79 Å². The summed E-state index contributed by atoms with van der Waals surface area (Å²) in [6, 6.07) is 15.2. The lowest BCUT2D eigenvalue weighted by molar-refractivity contribution is -0.116. The molecule has 21 heavy (non-hydrogen) atoms. The van der Waals surface area contributed by atoms with Crippen LogP contribution in [0.15, 0.2) is 48.5 Å². The zero-order chi connectivity index (χ0) is 15.1. The largest absolute Gasteiger partial charge is 0.455 e. The molecule has 4 heteroatoms. The lowest BCUT2D eigenvalue weighted by Gasteiger charge is -2.12. The molecule has 0 saturated carbocycles. The average Bonchev–Trinajstić information content (AvgIpc) is 2.47. The summed E-state index contributed by atoms with van der Waals surface area (Å²) in [6.07, 6.45) is 0.426. The van der Waals surface area contributed by atoms with Crippen LogP contribution in [0.5, 0.6) is 11.5 Å². The van der Waals surface area contributed by atoms with E-state index in [4.69, 9.17) is 4.74 Å². The first kappa shape index (κ1) is 15.1. The Morgan fingerprint density at radius 2 is 1.95 bits per heavy atom. The second kappa shape index (κ2) is 7.45. The number of para-hydroxylation sites is 2. The van der Waals surface area contributed by atoms with E-state index >= 15 is 0 Å². The molecule has 4 nitrogen and oxygen atoms in total. The summed E-state index contributed by atoms with van der Waals surface area (Å²) in [7, 11) is 1.82. The van der Waals surface area contributed by atoms with Crippen LogP contribution < -0.4 is 15.4 Å². The van der Waals surface area contributed by atoms with Gasteiger partial charge in [0.25, 0.3) is 0 Å². The standard InChI is InChI=1S/C17H20N2O2/c1-13-6-5-7-14(12-13)21-16-9-4-3-8-15(16)19-17(20)10-11-18-2/h3-9,12,18H,10-11H2,1-2H3,(H,19,20). The molecule has 0 bridgehead atoms. The van der Waals surface area contributed by atoms with E-state index in [2.05, 4.69) is 10.6 Å². The number of rotatable bonds is 6. The number of carbonyl (C=O) groups excluding carboxylic acids is 1. The van der Waals surface area contributed by atoms with Crippen LogP contribution in [0.25, 0.3) is 0 Å². The summed E-state index contributed by atoms with van der Waals surface area (Å²) in [4.78, 5) is 11.8. The molecule has 0 saturated heterocycles. The Bertz CT molecular complexity index is 611. The number of anilines is 1. The van der Waals surface area contributed by atoms with Crippen molar-refractivity contribution in [3.63, 3.8) is 0 Å². The molecule has 2 rings (SSSR count). The van der Waals surface area contributed by atoms with E-state index in [0.717, 1.165) is 11.3 Å². The summed E-state index contributed by atoms with van der Waals surface area (Å²) in [5.74, 6) is 1.36. The molecule has 2 N–H and O–H groups in total. The summed E-state index contributed by atoms with van der Waals surface area (Å²) >= 11 is 0. The molecule has 2 aromatic rings. The zero-order valence-corrected chi connectivity index (χ0v) is 12.3. The van der Waals surface area contributed by atoms with Crippen LogP contribution in [0, 0.1) is 6.92 Å². The lowest BCUT2D eigenvalue weighted by Crippen LogP contribution is -2.18. The fourth-order valence-electron chi connectivity index (χ4n) is 1.92. The zero-order valence-electron chi connectivity index (χ0n) is 12.3. The van der Waals surface area contributed by atoms with Crippen LogP contribution >= 0.6 is 0 Å². The van der Waals surface area contributed by atoms with E-state index in [0.29, 0.717) is 24.4 Å². The van der Waals surface area contributed by atoms with Gasteiger partial charge in [-0.25, -0.2) is 0 Å². The van der Waals surface area contributed by atoms with Crippen molar-refractivity contribution >= 4 is 11.6 Å². The van der Waals surface area contributed by atoms with Crippen molar-refractivity contribution in [1.29, 1.82) is 0 Å². The van der Waals surface area contributed by atoms with Crippen LogP contribution in [-0.4, -0.2) is 19.5 Å². The number of ether oxygens (including phenoxy) is 1. The molecule has 0 aliphatic carbocycles. The Balaban J connectivity index is 2.11. The van der Waals surface area contributed by atoms with Gasteiger partial charge in [-0.15, -0.1) is 0 Å². The van der Waals surface area contributed by atoms with E-state index in [1.165, 1.54) is 0 Å². The van der Waals surface area contributed by atoms with Crippen molar-refractivity contribution in [2.75, 3.05) is 18.9 Å². The van der Waals surface area contributed by atoms with Gasteiger partial charge in [0.05, 0.1) is 5.69 Å². The molecule has 0 aliphatic heterocycles. The van der Waals surface area contributed by atoms with Gasteiger partial charge < -0.3 is 15.4 Å². The molecule has 0 aromatic heterocycles. The van der Waals surface area contributed by atoms with Crippen molar-refractivity contribution in [2.24, 2.45) is 0 Å². The molecule has 0 aliphatic rings. The molecule has 1 amide bonds. The third-order valence-corrected chi connectivity index (χ3v) is 2.98. The molecule has 110 valence electrons. The molecular formula is C17H20N2O2. The highest BCUT2D eigenvalue weighted by atomic mass is 16.5. The summed E-state index contributed by atoms with van der Waals surface area (Å²) in [5.41, 5.74) is 1.81. The Kier molecular flexibility index (Phi) is 5.35. The first-order valence-corrected chi connectivity index (χ1v) is 6.97. The van der Waals surface area contributed by atoms with E-state index in [-0.39, 0.29) is 5.91 Å². The van der Waals surface area contributed by atoms with Gasteiger partial charge in [0.15, 0.2) is 5.75 Å². The molecule has 0 unspecified atom stereocenters. The number of hydrogen-bond donors (Lipinski definition) is 2. The van der Waals surface area contributed by atoms with Crippen molar-refractivity contribution in [3.8, 4) is 11.5 Å². The number of benzene rings is 2. The first-order valence-electron chi connectivity index (χ1n) is 6.97. The van der Waals surface area contributed by atoms with Gasteiger partial charge in [0.2, 0.25) is 5.91 Å². The predicted octanol–water partition coefficient (Wildman–Crippen LogP) is 3.34. The van der Waals surface area contributed by atoms with Gasteiger partial charge in [-0.1, -0.05) is 24.3 Å². The van der Waals surface area contributed by atoms with Crippen LogP contribution in [0.3, 0.4) is 0 Å². The van der Waals surface area contributed by atoms with Gasteiger partial charge in [-0.3, -0.25) is 4.79 Å². The number of nitrogens with one attached hydrogen (secondary N) is 2. The van der Waals surface area contributed by atoms with Crippen LogP contribution in [0.2, 0.25) is 0 Å². The van der Waals surface area contributed by atoms with Gasteiger partial charge in [-0.2, -0.15) is 0 Å². The van der Waals surface area contributed by atoms with Crippen LogP contribution in [-0.2, 0) is 4.79 Å². The SMILES string of the molecule is CNCCC(=O)Nc1ccccc1Oc1cccc(C)c1. The number of carbonyl (C=O) groups is 1. The van der Waals surface area contributed by atoms with Crippen molar-refractivity contribution in [3.05, 3.63) is 54.1 Å². The van der Waals surface area contributed by atoms with Gasteiger partial charge in [0, 0.05) is 13.0 Å². The second-order valence-corrected chi connectivity index (χ2v) is 4.82. The molecule has 2 aromatic carbocycles. The highest BCUT2D eigenvalue weighted by Gasteiger charge is 2.08. The molecule has 0 heterocycles. The smallest absolute Gasteiger partial charge is 0.225 e. The van der Waals surface area contributed by atoms with Gasteiger partial charge in [0.1, 0.15) is 5.75 Å². The second-order valence-electron chi connectivity index (χ2n) is 4.82. The highest BCUT2D eigenvalue weighted by Crippen LogP contribution is 2.29. The Morgan fingerprint density at radius 1 is 1.14 bits per heavy atom. The average molecular weight is 284 g/mol. The molecule has 0 radical (unpaired) electrons. The Morgan fingerprint density at radius 3 is 2.71 bits per heavy atom. The van der Waals surface area contributed by atoms with Crippen molar-refractivity contribution in [1.82, 2.24) is 5.32 Å². The Hall–Kier alpha value is -2.33. The minimum atomic E-state index is -0.0374. The monoisotopic (exact) mass is 284 g/mol. The van der Waals surface area contributed by atoms with E-state index < -0.39 is 0 Å². The predicted molar refractivity (Wildman–Crippen MR) is 84.9 cm³/mol. The maximum Gasteiger partial charge on any atom is 0.225 e. The van der Waals surface area contributed by atoms with Gasteiger partial charge >= 0.3 is 0 Å². The maximum absolute atomic E-state index is 11.8.